The number of nitrogens with two attached hydrogens (primary N) is 1. The van der Waals surface area contributed by atoms with Crippen molar-refractivity contribution >= 4 is 6.03 Å². The smallest absolute Gasteiger partial charge is 0.317 e. The third-order valence-electron chi connectivity index (χ3n) is 3.69. The predicted molar refractivity (Wildman–Crippen MR) is 65.8 cm³/mol. The second-order valence-electron chi connectivity index (χ2n) is 5.19. The predicted octanol–water partition coefficient (Wildman–Crippen LogP) is 0.690. The van der Waals surface area contributed by atoms with E-state index < -0.39 is 0 Å². The molecule has 0 aromatic heterocycles. The molecule has 0 spiro atoms. The standard InChI is InChI=1S/C12H23N3O2/c13-12(4-2-1-3-5-12)10-17-9-8-15-7-6-14-11(15)16/h1-10,13H2,(H,14,16). The van der Waals surface area contributed by atoms with Gasteiger partial charge in [-0.05, 0) is 12.8 Å². The number of carbonyl (C=O) groups is 1. The van der Waals surface area contributed by atoms with E-state index in [2.05, 4.69) is 5.32 Å². The summed E-state index contributed by atoms with van der Waals surface area (Å²) in [4.78, 5) is 13.0. The number of urea groups is 1. The second kappa shape index (κ2) is 5.69. The highest BCUT2D eigenvalue weighted by atomic mass is 16.5. The van der Waals surface area contributed by atoms with Crippen molar-refractivity contribution in [1.82, 2.24) is 10.2 Å². The molecule has 3 N–H and O–H groups in total. The summed E-state index contributed by atoms with van der Waals surface area (Å²) in [7, 11) is 0. The van der Waals surface area contributed by atoms with Gasteiger partial charge in [-0.15, -0.1) is 0 Å². The summed E-state index contributed by atoms with van der Waals surface area (Å²) in [5.41, 5.74) is 6.14. The van der Waals surface area contributed by atoms with Crippen molar-refractivity contribution in [2.45, 2.75) is 37.6 Å². The van der Waals surface area contributed by atoms with Gasteiger partial charge in [-0.3, -0.25) is 0 Å². The average Bonchev–Trinajstić information content (AvgIpc) is 2.72. The van der Waals surface area contributed by atoms with E-state index in [1.165, 1.54) is 19.3 Å². The first-order chi connectivity index (χ1) is 8.20. The minimum absolute atomic E-state index is 0.0220. The molecule has 0 aromatic rings. The van der Waals surface area contributed by atoms with Gasteiger partial charge in [0.1, 0.15) is 0 Å². The minimum Gasteiger partial charge on any atom is -0.378 e. The van der Waals surface area contributed by atoms with Crippen molar-refractivity contribution in [3.05, 3.63) is 0 Å². The van der Waals surface area contributed by atoms with E-state index in [0.717, 1.165) is 25.9 Å². The highest BCUT2D eigenvalue weighted by molar-refractivity contribution is 5.76. The van der Waals surface area contributed by atoms with Crippen LogP contribution in [0.2, 0.25) is 0 Å². The Labute approximate surface area is 103 Å². The van der Waals surface area contributed by atoms with Gasteiger partial charge in [-0.2, -0.15) is 0 Å². The van der Waals surface area contributed by atoms with Crippen molar-refractivity contribution in [2.24, 2.45) is 5.73 Å². The number of hydrogen-bond donors (Lipinski definition) is 2. The van der Waals surface area contributed by atoms with Gasteiger partial charge in [0.05, 0.1) is 13.2 Å². The summed E-state index contributed by atoms with van der Waals surface area (Å²) >= 11 is 0. The normalized spacial score (nSPS) is 23.8. The van der Waals surface area contributed by atoms with Crippen molar-refractivity contribution in [1.29, 1.82) is 0 Å². The van der Waals surface area contributed by atoms with Crippen molar-refractivity contribution < 1.29 is 9.53 Å². The maximum atomic E-state index is 11.3. The maximum Gasteiger partial charge on any atom is 0.317 e. The number of nitrogens with one attached hydrogen (secondary N) is 1. The monoisotopic (exact) mass is 241 g/mol. The topological polar surface area (TPSA) is 67.6 Å². The first-order valence-corrected chi connectivity index (χ1v) is 6.59. The van der Waals surface area contributed by atoms with Crippen molar-refractivity contribution in [3.8, 4) is 0 Å². The molecule has 2 aliphatic rings. The summed E-state index contributed by atoms with van der Waals surface area (Å²) in [5, 5.41) is 2.77. The third-order valence-corrected chi connectivity index (χ3v) is 3.69. The highest BCUT2D eigenvalue weighted by Gasteiger charge is 2.27. The van der Waals surface area contributed by atoms with Gasteiger partial charge in [0, 0.05) is 25.2 Å². The summed E-state index contributed by atoms with van der Waals surface area (Å²) in [6, 6.07) is 0.0220. The van der Waals surface area contributed by atoms with Crippen LogP contribution in [0, 0.1) is 0 Å². The van der Waals surface area contributed by atoms with Crippen LogP contribution in [-0.2, 0) is 4.74 Å². The molecule has 0 radical (unpaired) electrons. The first-order valence-electron chi connectivity index (χ1n) is 6.59. The molecule has 1 aliphatic carbocycles. The van der Waals surface area contributed by atoms with Gasteiger partial charge < -0.3 is 20.7 Å². The molecule has 1 heterocycles. The van der Waals surface area contributed by atoms with Gasteiger partial charge in [0.15, 0.2) is 0 Å². The molecule has 2 rings (SSSR count). The largest absolute Gasteiger partial charge is 0.378 e. The number of hydrogen-bond acceptors (Lipinski definition) is 3. The Morgan fingerprint density at radius 1 is 1.35 bits per heavy atom. The molecule has 1 saturated heterocycles. The summed E-state index contributed by atoms with van der Waals surface area (Å²) in [5.74, 6) is 0. The molecule has 0 bridgehead atoms. The molecular formula is C12H23N3O2. The van der Waals surface area contributed by atoms with Gasteiger partial charge >= 0.3 is 6.03 Å². The molecule has 5 nitrogen and oxygen atoms in total. The molecule has 5 heteroatoms. The van der Waals surface area contributed by atoms with E-state index in [-0.39, 0.29) is 11.6 Å². The quantitative estimate of drug-likeness (QED) is 0.696. The number of rotatable bonds is 5. The van der Waals surface area contributed by atoms with E-state index >= 15 is 0 Å². The van der Waals surface area contributed by atoms with E-state index in [1.54, 1.807) is 4.90 Å². The Bertz CT molecular complexity index is 264. The molecule has 0 atom stereocenters. The molecule has 0 aromatic carbocycles. The van der Waals surface area contributed by atoms with Crippen LogP contribution >= 0.6 is 0 Å². The Hall–Kier alpha value is -0.810. The van der Waals surface area contributed by atoms with E-state index in [0.29, 0.717) is 19.8 Å². The van der Waals surface area contributed by atoms with E-state index in [9.17, 15) is 4.79 Å². The third kappa shape index (κ3) is 3.57. The molecule has 17 heavy (non-hydrogen) atoms. The fourth-order valence-electron chi connectivity index (χ4n) is 2.57. The number of carbonyl (C=O) groups excluding carboxylic acids is 1. The number of nitrogens with zero attached hydrogens (tertiary/aromatic N) is 1. The lowest BCUT2D eigenvalue weighted by Gasteiger charge is -2.33. The Balaban J connectivity index is 1.60. The lowest BCUT2D eigenvalue weighted by molar-refractivity contribution is 0.0598. The zero-order valence-corrected chi connectivity index (χ0v) is 10.4. The SMILES string of the molecule is NC1(COCCN2CCNC2=O)CCCCC1. The van der Waals surface area contributed by atoms with Crippen LogP contribution in [0.1, 0.15) is 32.1 Å². The Kier molecular flexibility index (Phi) is 4.23. The molecule has 2 fully saturated rings. The van der Waals surface area contributed by atoms with Gasteiger partial charge in [0.25, 0.3) is 0 Å². The lowest BCUT2D eigenvalue weighted by atomic mass is 9.83. The fourth-order valence-corrected chi connectivity index (χ4v) is 2.57. The van der Waals surface area contributed by atoms with Crippen LogP contribution in [0.5, 0.6) is 0 Å². The molecule has 1 aliphatic heterocycles. The minimum atomic E-state index is -0.120. The Morgan fingerprint density at radius 3 is 2.76 bits per heavy atom. The van der Waals surface area contributed by atoms with Crippen molar-refractivity contribution in [3.63, 3.8) is 0 Å². The number of amides is 2. The highest BCUT2D eigenvalue weighted by Crippen LogP contribution is 2.25. The van der Waals surface area contributed by atoms with Gasteiger partial charge in [-0.1, -0.05) is 19.3 Å². The summed E-state index contributed by atoms with van der Waals surface area (Å²) in [6.07, 6.45) is 5.87. The van der Waals surface area contributed by atoms with Crippen LogP contribution in [0.25, 0.3) is 0 Å². The summed E-state index contributed by atoms with van der Waals surface area (Å²) in [6.45, 7) is 3.42. The van der Waals surface area contributed by atoms with Crippen LogP contribution in [0.4, 0.5) is 4.79 Å². The lowest BCUT2D eigenvalue weighted by Crippen LogP contribution is -2.46. The molecule has 1 saturated carbocycles. The van der Waals surface area contributed by atoms with Crippen LogP contribution in [0.3, 0.4) is 0 Å². The van der Waals surface area contributed by atoms with Crippen LogP contribution in [0.15, 0.2) is 0 Å². The van der Waals surface area contributed by atoms with Gasteiger partial charge in [-0.25, -0.2) is 4.79 Å². The molecule has 2 amide bonds. The maximum absolute atomic E-state index is 11.3. The fraction of sp³-hybridized carbons (Fsp3) is 0.917. The first kappa shape index (κ1) is 12.6. The number of ether oxygens (including phenoxy) is 1. The summed E-state index contributed by atoms with van der Waals surface area (Å²) < 4.78 is 5.64. The zero-order chi connectivity index (χ0) is 12.1. The Morgan fingerprint density at radius 2 is 2.12 bits per heavy atom. The molecular weight excluding hydrogens is 218 g/mol. The van der Waals surface area contributed by atoms with Crippen molar-refractivity contribution in [2.75, 3.05) is 32.8 Å². The van der Waals surface area contributed by atoms with E-state index in [1.807, 2.05) is 0 Å². The van der Waals surface area contributed by atoms with Crippen LogP contribution in [-0.4, -0.2) is 49.3 Å². The molecule has 0 unspecified atom stereocenters. The average molecular weight is 241 g/mol. The van der Waals surface area contributed by atoms with E-state index in [4.69, 9.17) is 10.5 Å². The van der Waals surface area contributed by atoms with Crippen LogP contribution < -0.4 is 11.1 Å². The second-order valence-corrected chi connectivity index (χ2v) is 5.19. The van der Waals surface area contributed by atoms with Gasteiger partial charge in [0.2, 0.25) is 0 Å². The molecule has 98 valence electrons. The zero-order valence-electron chi connectivity index (χ0n) is 10.4.